The van der Waals surface area contributed by atoms with Crippen molar-refractivity contribution in [1.29, 1.82) is 0 Å². The minimum absolute atomic E-state index is 0.00427. The molecule has 0 saturated heterocycles. The summed E-state index contributed by atoms with van der Waals surface area (Å²) < 4.78 is 34.3. The third kappa shape index (κ3) is 6.08. The summed E-state index contributed by atoms with van der Waals surface area (Å²) >= 11 is 0. The van der Waals surface area contributed by atoms with E-state index >= 15 is 0 Å². The second-order valence-corrected chi connectivity index (χ2v) is 7.82. The molecule has 1 amide bonds. The number of nitrogens with one attached hydrogen (secondary N) is 2. The standard InChI is InChI=1S/C24H24F2N6O5/c1-12(27)21-4-3-18(31-32(21)28)23(34)30-20-8-13(16(25)9-15(20)24(35)36)5-6-37-22-10-19(29-2)14(11-33)7-17(22)26/h3-4,7-11,29H,5-6,27-28H2,1-2H3,(H,30,34)(H,35,36)/b21-12-. The Kier molecular flexibility index (Phi) is 8.19. The number of carbonyl (C=O) groups excluding carboxylic acids is 2. The zero-order valence-corrected chi connectivity index (χ0v) is 19.8. The molecule has 13 heteroatoms. The molecule has 0 radical (unpaired) electrons. The number of anilines is 2. The number of aromatic carboxylic acids is 1. The van der Waals surface area contributed by atoms with Crippen LogP contribution in [0.3, 0.4) is 0 Å². The van der Waals surface area contributed by atoms with Gasteiger partial charge in [-0.05, 0) is 42.8 Å². The number of hydrazine groups is 1. The van der Waals surface area contributed by atoms with E-state index in [0.717, 1.165) is 23.3 Å². The minimum Gasteiger partial charge on any atom is -0.490 e. The number of hydrogen-bond acceptors (Lipinski definition) is 9. The number of allylic oxidation sites excluding steroid dienone is 2. The lowest BCUT2D eigenvalue weighted by Crippen LogP contribution is -2.33. The smallest absolute Gasteiger partial charge is 0.337 e. The highest BCUT2D eigenvalue weighted by Crippen LogP contribution is 2.26. The topological polar surface area (TPSA) is 172 Å². The van der Waals surface area contributed by atoms with Crippen molar-refractivity contribution in [1.82, 2.24) is 5.12 Å². The highest BCUT2D eigenvalue weighted by molar-refractivity contribution is 6.47. The average Bonchev–Trinajstić information content (AvgIpc) is 2.85. The van der Waals surface area contributed by atoms with Gasteiger partial charge in [0.1, 0.15) is 5.82 Å². The summed E-state index contributed by atoms with van der Waals surface area (Å²) in [5, 5.41) is 19.4. The number of halogens is 2. The van der Waals surface area contributed by atoms with E-state index in [2.05, 4.69) is 15.7 Å². The number of nitrogens with zero attached hydrogens (tertiary/aromatic N) is 2. The van der Waals surface area contributed by atoms with Crippen molar-refractivity contribution in [2.24, 2.45) is 16.7 Å². The van der Waals surface area contributed by atoms with Crippen molar-refractivity contribution in [3.8, 4) is 5.75 Å². The number of amides is 1. The first-order valence-electron chi connectivity index (χ1n) is 10.8. The van der Waals surface area contributed by atoms with Crippen molar-refractivity contribution in [3.63, 3.8) is 0 Å². The monoisotopic (exact) mass is 514 g/mol. The molecule has 2 aromatic carbocycles. The van der Waals surface area contributed by atoms with Gasteiger partial charge in [-0.25, -0.2) is 19.4 Å². The maximum absolute atomic E-state index is 14.6. The number of aldehydes is 1. The van der Waals surface area contributed by atoms with Crippen LogP contribution < -0.4 is 26.9 Å². The Morgan fingerprint density at radius 1 is 1.16 bits per heavy atom. The zero-order valence-electron chi connectivity index (χ0n) is 19.8. The molecule has 0 saturated carbocycles. The normalized spacial score (nSPS) is 14.1. The maximum atomic E-state index is 14.6. The second-order valence-electron chi connectivity index (χ2n) is 7.82. The Hall–Kier alpha value is -4.78. The van der Waals surface area contributed by atoms with Gasteiger partial charge in [0.05, 0.1) is 23.6 Å². The number of hydrazone groups is 1. The predicted octanol–water partition coefficient (Wildman–Crippen LogP) is 2.37. The van der Waals surface area contributed by atoms with E-state index in [1.807, 2.05) is 0 Å². The van der Waals surface area contributed by atoms with E-state index in [-0.39, 0.29) is 41.3 Å². The van der Waals surface area contributed by atoms with Gasteiger partial charge in [0, 0.05) is 36.5 Å². The first kappa shape index (κ1) is 26.8. The molecule has 0 unspecified atom stereocenters. The fourth-order valence-corrected chi connectivity index (χ4v) is 3.41. The Balaban J connectivity index is 1.80. The molecular weight excluding hydrogens is 490 g/mol. The van der Waals surface area contributed by atoms with Crippen LogP contribution in [0.4, 0.5) is 20.2 Å². The molecule has 0 aromatic heterocycles. The van der Waals surface area contributed by atoms with Crippen molar-refractivity contribution >= 4 is 35.2 Å². The van der Waals surface area contributed by atoms with E-state index in [4.69, 9.17) is 16.3 Å². The van der Waals surface area contributed by atoms with Crippen molar-refractivity contribution < 1.29 is 33.0 Å². The van der Waals surface area contributed by atoms with Gasteiger partial charge >= 0.3 is 5.97 Å². The number of carboxylic acids is 1. The molecule has 11 nitrogen and oxygen atoms in total. The van der Waals surface area contributed by atoms with Crippen LogP contribution in [-0.4, -0.2) is 47.8 Å². The lowest BCUT2D eigenvalue weighted by Gasteiger charge is -2.20. The molecule has 0 atom stereocenters. The van der Waals surface area contributed by atoms with Gasteiger partial charge in [0.25, 0.3) is 5.91 Å². The predicted molar refractivity (Wildman–Crippen MR) is 132 cm³/mol. The van der Waals surface area contributed by atoms with Crippen LogP contribution in [0.5, 0.6) is 5.75 Å². The molecule has 37 heavy (non-hydrogen) atoms. The lowest BCUT2D eigenvalue weighted by atomic mass is 10.1. The molecular formula is C24H24F2N6O5. The SMILES string of the molecule is CNc1cc(OCCc2cc(NC(=O)C3=NN(N)/C(=C(/C)N)C=C3)c(C(=O)O)cc2F)c(F)cc1C=O. The summed E-state index contributed by atoms with van der Waals surface area (Å²) in [4.78, 5) is 35.4. The third-order valence-corrected chi connectivity index (χ3v) is 5.29. The number of ether oxygens (including phenoxy) is 1. The van der Waals surface area contributed by atoms with E-state index in [9.17, 15) is 28.3 Å². The maximum Gasteiger partial charge on any atom is 0.337 e. The Morgan fingerprint density at radius 3 is 2.49 bits per heavy atom. The summed E-state index contributed by atoms with van der Waals surface area (Å²) in [5.41, 5.74) is 6.03. The van der Waals surface area contributed by atoms with Gasteiger partial charge in [0.2, 0.25) is 0 Å². The molecule has 1 heterocycles. The van der Waals surface area contributed by atoms with Crippen LogP contribution in [0, 0.1) is 11.6 Å². The zero-order chi connectivity index (χ0) is 27.3. The largest absolute Gasteiger partial charge is 0.490 e. The number of benzene rings is 2. The molecule has 1 aliphatic rings. The van der Waals surface area contributed by atoms with Crippen molar-refractivity contribution in [3.05, 3.63) is 76.1 Å². The first-order valence-corrected chi connectivity index (χ1v) is 10.8. The molecule has 3 rings (SSSR count). The molecule has 7 N–H and O–H groups in total. The van der Waals surface area contributed by atoms with Crippen LogP contribution in [0.25, 0.3) is 0 Å². The van der Waals surface area contributed by atoms with E-state index in [1.165, 1.54) is 18.2 Å². The van der Waals surface area contributed by atoms with Crippen LogP contribution in [0.15, 0.2) is 52.9 Å². The molecule has 1 aliphatic heterocycles. The summed E-state index contributed by atoms with van der Waals surface area (Å²) in [6, 6.07) is 4.20. The number of hydrogen-bond donors (Lipinski definition) is 5. The molecule has 2 aromatic rings. The summed E-state index contributed by atoms with van der Waals surface area (Å²) in [6.07, 6.45) is 3.19. The van der Waals surface area contributed by atoms with Crippen molar-refractivity contribution in [2.45, 2.75) is 13.3 Å². The fraction of sp³-hybridized carbons (Fsp3) is 0.167. The Bertz CT molecular complexity index is 1350. The van der Waals surface area contributed by atoms with E-state index in [1.54, 1.807) is 14.0 Å². The third-order valence-electron chi connectivity index (χ3n) is 5.29. The quantitative estimate of drug-likeness (QED) is 0.249. The van der Waals surface area contributed by atoms with Gasteiger partial charge in [-0.2, -0.15) is 10.2 Å². The highest BCUT2D eigenvalue weighted by Gasteiger charge is 2.21. The average molecular weight is 514 g/mol. The van der Waals surface area contributed by atoms with Gasteiger partial charge in [-0.1, -0.05) is 0 Å². The second kappa shape index (κ2) is 11.3. The number of nitrogens with two attached hydrogens (primary N) is 2. The van der Waals surface area contributed by atoms with Gasteiger partial charge in [-0.15, -0.1) is 0 Å². The lowest BCUT2D eigenvalue weighted by molar-refractivity contribution is -0.110. The van der Waals surface area contributed by atoms with E-state index < -0.39 is 29.1 Å². The molecule has 194 valence electrons. The van der Waals surface area contributed by atoms with Crippen LogP contribution in [0.2, 0.25) is 0 Å². The molecule has 0 spiro atoms. The number of carbonyl (C=O) groups is 3. The van der Waals surface area contributed by atoms with E-state index in [0.29, 0.717) is 23.4 Å². The van der Waals surface area contributed by atoms with Crippen LogP contribution in [0.1, 0.15) is 33.2 Å². The van der Waals surface area contributed by atoms with Gasteiger partial charge < -0.3 is 26.2 Å². The first-order chi connectivity index (χ1) is 17.5. The minimum atomic E-state index is -1.47. The summed E-state index contributed by atoms with van der Waals surface area (Å²) in [7, 11) is 1.55. The summed E-state index contributed by atoms with van der Waals surface area (Å²) in [5.74, 6) is 1.66. The van der Waals surface area contributed by atoms with Gasteiger partial charge in [-0.3, -0.25) is 9.59 Å². The number of rotatable bonds is 9. The Morgan fingerprint density at radius 2 is 1.89 bits per heavy atom. The van der Waals surface area contributed by atoms with Gasteiger partial charge in [0.15, 0.2) is 23.6 Å². The van der Waals surface area contributed by atoms with Crippen molar-refractivity contribution in [2.75, 3.05) is 24.3 Å². The van der Waals surface area contributed by atoms with Crippen LogP contribution in [-0.2, 0) is 11.2 Å². The molecule has 0 bridgehead atoms. The molecule has 0 fully saturated rings. The fourth-order valence-electron chi connectivity index (χ4n) is 3.41. The number of carboxylic acid groups (broad SMARTS) is 1. The highest BCUT2D eigenvalue weighted by atomic mass is 19.1. The molecule has 0 aliphatic carbocycles. The Labute approximate surface area is 210 Å². The van der Waals surface area contributed by atoms with Crippen LogP contribution >= 0.6 is 0 Å². The summed E-state index contributed by atoms with van der Waals surface area (Å²) in [6.45, 7) is 1.40.